The molecular formula is C15H25N3O2S. The van der Waals surface area contributed by atoms with Gasteiger partial charge in [0.05, 0.1) is 6.26 Å². The number of nitrogens with one attached hydrogen (secondary N) is 1. The van der Waals surface area contributed by atoms with Gasteiger partial charge in [-0.3, -0.25) is 0 Å². The molecule has 118 valence electrons. The Bertz CT molecular complexity index is 547. The molecule has 1 aromatic rings. The van der Waals surface area contributed by atoms with Crippen LogP contribution in [0.4, 0.5) is 5.82 Å². The van der Waals surface area contributed by atoms with Gasteiger partial charge in [0.15, 0.2) is 0 Å². The molecule has 0 spiro atoms. The molecule has 2 rings (SSSR count). The summed E-state index contributed by atoms with van der Waals surface area (Å²) in [6.07, 6.45) is 6.05. The summed E-state index contributed by atoms with van der Waals surface area (Å²) in [7, 11) is -3.03. The minimum absolute atomic E-state index is 0.378. The molecule has 1 N–H and O–H groups in total. The van der Waals surface area contributed by atoms with Crippen LogP contribution in [0.2, 0.25) is 0 Å². The van der Waals surface area contributed by atoms with E-state index in [9.17, 15) is 8.42 Å². The third-order valence-corrected chi connectivity index (χ3v) is 5.13. The van der Waals surface area contributed by atoms with E-state index in [0.29, 0.717) is 25.0 Å². The molecule has 1 aliphatic heterocycles. The molecule has 2 heterocycles. The van der Waals surface area contributed by atoms with E-state index in [0.717, 1.165) is 25.1 Å². The number of hydrogen-bond acceptors (Lipinski definition) is 4. The molecule has 1 fully saturated rings. The number of aromatic nitrogens is 1. The van der Waals surface area contributed by atoms with E-state index in [4.69, 9.17) is 0 Å². The van der Waals surface area contributed by atoms with Gasteiger partial charge in [0.25, 0.3) is 0 Å². The first-order chi connectivity index (χ1) is 9.84. The van der Waals surface area contributed by atoms with Gasteiger partial charge in [0, 0.05) is 25.3 Å². The van der Waals surface area contributed by atoms with Crippen LogP contribution in [0, 0.1) is 5.92 Å². The molecule has 21 heavy (non-hydrogen) atoms. The van der Waals surface area contributed by atoms with Gasteiger partial charge >= 0.3 is 0 Å². The van der Waals surface area contributed by atoms with Crippen molar-refractivity contribution in [3.8, 4) is 0 Å². The van der Waals surface area contributed by atoms with Gasteiger partial charge in [-0.25, -0.2) is 17.7 Å². The van der Waals surface area contributed by atoms with Gasteiger partial charge in [-0.05, 0) is 50.7 Å². The molecule has 1 saturated heterocycles. The molecule has 0 radical (unpaired) electrons. The lowest BCUT2D eigenvalue weighted by Crippen LogP contribution is -2.38. The van der Waals surface area contributed by atoms with Crippen molar-refractivity contribution in [3.63, 3.8) is 0 Å². The molecule has 5 nitrogen and oxygen atoms in total. The van der Waals surface area contributed by atoms with Crippen molar-refractivity contribution in [1.29, 1.82) is 0 Å². The van der Waals surface area contributed by atoms with Gasteiger partial charge in [0.2, 0.25) is 10.0 Å². The predicted octanol–water partition coefficient (Wildman–Crippen LogP) is 2.12. The van der Waals surface area contributed by atoms with Crippen LogP contribution < -0.4 is 5.32 Å². The van der Waals surface area contributed by atoms with Crippen LogP contribution in [0.3, 0.4) is 0 Å². The summed E-state index contributed by atoms with van der Waals surface area (Å²) >= 11 is 0. The van der Waals surface area contributed by atoms with Gasteiger partial charge in [-0.1, -0.05) is 6.07 Å². The molecule has 0 atom stereocenters. The highest BCUT2D eigenvalue weighted by Gasteiger charge is 2.24. The summed E-state index contributed by atoms with van der Waals surface area (Å²) < 4.78 is 24.6. The fraction of sp³-hybridized carbons (Fsp3) is 0.667. The molecule has 0 aromatic carbocycles. The number of piperidine rings is 1. The highest BCUT2D eigenvalue weighted by atomic mass is 32.2. The van der Waals surface area contributed by atoms with Gasteiger partial charge in [-0.15, -0.1) is 0 Å². The van der Waals surface area contributed by atoms with Crippen LogP contribution in [-0.2, 0) is 16.4 Å². The molecule has 1 aliphatic rings. The zero-order chi connectivity index (χ0) is 15.5. The third-order valence-electron chi connectivity index (χ3n) is 3.83. The van der Waals surface area contributed by atoms with E-state index >= 15 is 0 Å². The van der Waals surface area contributed by atoms with E-state index in [2.05, 4.69) is 30.2 Å². The first-order valence-corrected chi connectivity index (χ1v) is 9.36. The fourth-order valence-electron chi connectivity index (χ4n) is 2.70. The molecule has 0 unspecified atom stereocenters. The molecule has 1 aromatic heterocycles. The average Bonchev–Trinajstić information content (AvgIpc) is 2.40. The van der Waals surface area contributed by atoms with Crippen LogP contribution in [-0.4, -0.2) is 43.1 Å². The lowest BCUT2D eigenvalue weighted by molar-refractivity contribution is 0.274. The Morgan fingerprint density at radius 1 is 1.33 bits per heavy atom. The lowest BCUT2D eigenvalue weighted by Gasteiger charge is -2.30. The minimum Gasteiger partial charge on any atom is -0.368 e. The number of hydrogen-bond donors (Lipinski definition) is 1. The van der Waals surface area contributed by atoms with Crippen molar-refractivity contribution >= 4 is 15.8 Å². The van der Waals surface area contributed by atoms with E-state index < -0.39 is 10.0 Å². The predicted molar refractivity (Wildman–Crippen MR) is 85.8 cm³/mol. The van der Waals surface area contributed by atoms with Crippen LogP contribution >= 0.6 is 0 Å². The van der Waals surface area contributed by atoms with Crippen LogP contribution in [0.15, 0.2) is 18.3 Å². The number of nitrogens with zero attached hydrogens (tertiary/aromatic N) is 2. The number of sulfonamides is 1. The Kier molecular flexibility index (Phi) is 5.22. The summed E-state index contributed by atoms with van der Waals surface area (Å²) in [5, 5.41) is 3.27. The molecule has 6 heteroatoms. The van der Waals surface area contributed by atoms with Gasteiger partial charge in [-0.2, -0.15) is 0 Å². The smallest absolute Gasteiger partial charge is 0.211 e. The Morgan fingerprint density at radius 3 is 2.48 bits per heavy atom. The first kappa shape index (κ1) is 16.2. The standard InChI is InChI=1S/C15H25N3O2S/c1-12(2)17-15-5-4-14(11-16-15)10-13-6-8-18(9-7-13)21(3,19)20/h4-5,11-13H,6-10H2,1-3H3,(H,16,17). The topological polar surface area (TPSA) is 62.3 Å². The van der Waals surface area contributed by atoms with Crippen molar-refractivity contribution in [2.75, 3.05) is 24.7 Å². The zero-order valence-corrected chi connectivity index (χ0v) is 13.9. The lowest BCUT2D eigenvalue weighted by atomic mass is 9.91. The summed E-state index contributed by atoms with van der Waals surface area (Å²) in [4.78, 5) is 4.42. The monoisotopic (exact) mass is 311 g/mol. The second-order valence-corrected chi connectivity index (χ2v) is 8.14. The highest BCUT2D eigenvalue weighted by Crippen LogP contribution is 2.23. The second kappa shape index (κ2) is 6.75. The number of pyridine rings is 1. The molecule has 0 amide bonds. The van der Waals surface area contributed by atoms with E-state index in [1.165, 1.54) is 11.8 Å². The molecule has 0 saturated carbocycles. The van der Waals surface area contributed by atoms with Crippen molar-refractivity contribution in [2.45, 2.75) is 39.2 Å². The van der Waals surface area contributed by atoms with Crippen molar-refractivity contribution in [2.24, 2.45) is 5.92 Å². The highest BCUT2D eigenvalue weighted by molar-refractivity contribution is 7.88. The summed E-state index contributed by atoms with van der Waals surface area (Å²) in [5.41, 5.74) is 1.22. The maximum Gasteiger partial charge on any atom is 0.211 e. The van der Waals surface area contributed by atoms with Gasteiger partial charge in [0.1, 0.15) is 5.82 Å². The maximum atomic E-state index is 11.5. The van der Waals surface area contributed by atoms with E-state index in [1.54, 1.807) is 4.31 Å². The molecule has 0 aliphatic carbocycles. The number of rotatable bonds is 5. The summed E-state index contributed by atoms with van der Waals surface area (Å²) in [5.74, 6) is 1.45. The Labute approximate surface area is 127 Å². The summed E-state index contributed by atoms with van der Waals surface area (Å²) in [6.45, 7) is 5.46. The third kappa shape index (κ3) is 4.97. The first-order valence-electron chi connectivity index (χ1n) is 7.51. The fourth-order valence-corrected chi connectivity index (χ4v) is 3.58. The molecular weight excluding hydrogens is 286 g/mol. The zero-order valence-electron chi connectivity index (χ0n) is 13.0. The summed E-state index contributed by atoms with van der Waals surface area (Å²) in [6, 6.07) is 4.51. The Hall–Kier alpha value is -1.14. The normalized spacial score (nSPS) is 18.1. The van der Waals surface area contributed by atoms with E-state index in [1.807, 2.05) is 12.3 Å². The quantitative estimate of drug-likeness (QED) is 0.905. The molecule has 0 bridgehead atoms. The van der Waals surface area contributed by atoms with E-state index in [-0.39, 0.29) is 0 Å². The SMILES string of the molecule is CC(C)Nc1ccc(CC2CCN(S(C)(=O)=O)CC2)cn1. The van der Waals surface area contributed by atoms with Crippen molar-refractivity contribution < 1.29 is 8.42 Å². The average molecular weight is 311 g/mol. The number of anilines is 1. The maximum absolute atomic E-state index is 11.5. The Morgan fingerprint density at radius 2 is 2.00 bits per heavy atom. The Balaban J connectivity index is 1.86. The second-order valence-electron chi connectivity index (χ2n) is 6.16. The largest absolute Gasteiger partial charge is 0.368 e. The van der Waals surface area contributed by atoms with Crippen LogP contribution in [0.25, 0.3) is 0 Å². The minimum atomic E-state index is -3.03. The van der Waals surface area contributed by atoms with Crippen LogP contribution in [0.1, 0.15) is 32.3 Å². The van der Waals surface area contributed by atoms with Gasteiger partial charge < -0.3 is 5.32 Å². The van der Waals surface area contributed by atoms with Crippen molar-refractivity contribution in [1.82, 2.24) is 9.29 Å². The van der Waals surface area contributed by atoms with Crippen molar-refractivity contribution in [3.05, 3.63) is 23.9 Å². The van der Waals surface area contributed by atoms with Crippen LogP contribution in [0.5, 0.6) is 0 Å².